The summed E-state index contributed by atoms with van der Waals surface area (Å²) in [6.07, 6.45) is 0. The highest BCUT2D eigenvalue weighted by molar-refractivity contribution is 5.98. The number of hydrogen-bond donors (Lipinski definition) is 0. The Balaban J connectivity index is 1.22. The molecule has 8 aromatic carbocycles. The maximum absolute atomic E-state index is 2.56. The van der Waals surface area contributed by atoms with Crippen molar-refractivity contribution in [2.45, 2.75) is 84.0 Å². The minimum absolute atomic E-state index is 0.0122. The topological polar surface area (TPSA) is 3.24 Å². The highest BCUT2D eigenvalue weighted by Gasteiger charge is 2.52. The van der Waals surface area contributed by atoms with Gasteiger partial charge in [0, 0.05) is 16.8 Å². The van der Waals surface area contributed by atoms with Gasteiger partial charge in [-0.15, -0.1) is 0 Å². The predicted octanol–water partition coefficient (Wildman–Crippen LogP) is 16.4. The number of anilines is 3. The summed E-state index contributed by atoms with van der Waals surface area (Å²) in [5.74, 6) is 0. The van der Waals surface area contributed by atoms with E-state index in [1.165, 1.54) is 100 Å². The number of rotatable bonds is 4. The van der Waals surface area contributed by atoms with Gasteiger partial charge in [-0.3, -0.25) is 0 Å². The lowest BCUT2D eigenvalue weighted by Crippen LogP contribution is -2.28. The molecule has 0 amide bonds. The molecule has 3 aliphatic rings. The Morgan fingerprint density at radius 2 is 0.887 bits per heavy atom. The van der Waals surface area contributed by atoms with Crippen molar-refractivity contribution in [3.05, 3.63) is 220 Å². The van der Waals surface area contributed by atoms with Crippen molar-refractivity contribution in [1.29, 1.82) is 0 Å². The lowest BCUT2D eigenvalue weighted by atomic mass is 9.68. The van der Waals surface area contributed by atoms with Crippen molar-refractivity contribution >= 4 is 17.1 Å². The normalized spacial score (nSPS) is 14.8. The molecular formula is C61H55N. The molecule has 1 heteroatoms. The lowest BCUT2D eigenvalue weighted by molar-refractivity contribution is 0.586. The highest BCUT2D eigenvalue weighted by atomic mass is 15.1. The van der Waals surface area contributed by atoms with Gasteiger partial charge < -0.3 is 4.90 Å². The average molecular weight is 802 g/mol. The van der Waals surface area contributed by atoms with Crippen LogP contribution >= 0.6 is 0 Å². The monoisotopic (exact) mass is 801 g/mol. The molecule has 11 rings (SSSR count). The first kappa shape index (κ1) is 38.5. The molecule has 8 aromatic rings. The molecular weight excluding hydrogens is 747 g/mol. The fraction of sp³-hybridized carbons (Fsp3) is 0.213. The van der Waals surface area contributed by atoms with Crippen LogP contribution in [-0.2, 0) is 21.7 Å². The second-order valence-electron chi connectivity index (χ2n) is 20.7. The van der Waals surface area contributed by atoms with Gasteiger partial charge in [0.25, 0.3) is 0 Å². The predicted molar refractivity (Wildman–Crippen MR) is 263 cm³/mol. The van der Waals surface area contributed by atoms with E-state index in [0.29, 0.717) is 0 Å². The molecule has 0 atom stereocenters. The van der Waals surface area contributed by atoms with Crippen LogP contribution in [0.5, 0.6) is 0 Å². The molecule has 0 heterocycles. The molecule has 1 nitrogen and oxygen atoms in total. The second-order valence-corrected chi connectivity index (χ2v) is 20.7. The summed E-state index contributed by atoms with van der Waals surface area (Å²) in [6.45, 7) is 21.0. The van der Waals surface area contributed by atoms with Crippen molar-refractivity contribution in [3.8, 4) is 44.5 Å². The van der Waals surface area contributed by atoms with Gasteiger partial charge in [0.1, 0.15) is 0 Å². The van der Waals surface area contributed by atoms with Crippen molar-refractivity contribution in [1.82, 2.24) is 0 Å². The molecule has 0 aromatic heterocycles. The Bertz CT molecular complexity index is 3060. The molecule has 0 bridgehead atoms. The number of aryl methyl sites for hydroxylation is 1. The Morgan fingerprint density at radius 1 is 0.387 bits per heavy atom. The fourth-order valence-electron chi connectivity index (χ4n) is 11.2. The third-order valence-corrected chi connectivity index (χ3v) is 14.4. The Labute approximate surface area is 368 Å². The van der Waals surface area contributed by atoms with Crippen molar-refractivity contribution < 1.29 is 0 Å². The maximum Gasteiger partial charge on any atom is 0.0726 e. The van der Waals surface area contributed by atoms with E-state index < -0.39 is 5.41 Å². The van der Waals surface area contributed by atoms with Crippen LogP contribution in [0.25, 0.3) is 44.5 Å². The summed E-state index contributed by atoms with van der Waals surface area (Å²) >= 11 is 0. The van der Waals surface area contributed by atoms with Gasteiger partial charge in [-0.05, 0) is 137 Å². The van der Waals surface area contributed by atoms with Crippen LogP contribution < -0.4 is 4.90 Å². The van der Waals surface area contributed by atoms with Crippen LogP contribution in [0, 0.1) is 6.92 Å². The number of nitrogens with zero attached hydrogens (tertiary/aromatic N) is 1. The quantitative estimate of drug-likeness (QED) is 0.171. The van der Waals surface area contributed by atoms with E-state index in [1.54, 1.807) is 0 Å². The summed E-state index contributed by atoms with van der Waals surface area (Å²) < 4.78 is 0. The van der Waals surface area contributed by atoms with Crippen LogP contribution in [0.3, 0.4) is 0 Å². The molecule has 0 N–H and O–H groups in total. The number of fused-ring (bicyclic) bond motifs is 13. The van der Waals surface area contributed by atoms with Crippen molar-refractivity contribution in [3.63, 3.8) is 0 Å². The zero-order chi connectivity index (χ0) is 42.9. The average Bonchev–Trinajstić information content (AvgIpc) is 3.81. The molecule has 0 saturated carbocycles. The SMILES string of the molecule is Cc1ccc(-c2cccc(N(c3ccc4c(c3)C3(c5ccccc5-4)c4cc(C(C)(C)C)ccc4-c4ccc(C(C)(C)C)cc43)c3cccc4c3C(C)(C)c3ccccc3-4)c2)cc1. The zero-order valence-electron chi connectivity index (χ0n) is 37.6. The van der Waals surface area contributed by atoms with Crippen molar-refractivity contribution in [2.24, 2.45) is 0 Å². The standard InChI is InChI=1S/C61H55N/c1-38-24-26-39(27-25-38)40-16-14-17-43(34-40)62(56-23-15-20-50-46-19-10-12-21-51(46)60(8,9)57(50)56)44-30-33-49-45-18-11-13-22-52(45)61(55(49)37-44)53-35-41(58(2,3)4)28-31-47(53)48-32-29-42(36-54(48)61)59(5,6)7/h10-37H,1-9H3. The molecule has 0 radical (unpaired) electrons. The first-order chi connectivity index (χ1) is 29.7. The third kappa shape index (κ3) is 5.46. The molecule has 0 unspecified atom stereocenters. The third-order valence-electron chi connectivity index (χ3n) is 14.4. The largest absolute Gasteiger partial charge is 0.310 e. The first-order valence-corrected chi connectivity index (χ1v) is 22.4. The highest BCUT2D eigenvalue weighted by Crippen LogP contribution is 2.64. The van der Waals surface area contributed by atoms with Gasteiger partial charge in [-0.2, -0.15) is 0 Å². The summed E-state index contributed by atoms with van der Waals surface area (Å²) in [5.41, 5.74) is 25.4. The smallest absolute Gasteiger partial charge is 0.0726 e. The van der Waals surface area contributed by atoms with E-state index in [0.717, 1.165) is 11.4 Å². The van der Waals surface area contributed by atoms with Crippen LogP contribution in [0.2, 0.25) is 0 Å². The molecule has 1 spiro atoms. The molecule has 0 aliphatic heterocycles. The number of benzene rings is 8. The minimum Gasteiger partial charge on any atom is -0.310 e. The molecule has 0 fully saturated rings. The molecule has 62 heavy (non-hydrogen) atoms. The summed E-state index contributed by atoms with van der Waals surface area (Å²) in [6, 6.07) is 65.4. The maximum atomic E-state index is 2.56. The van der Waals surface area contributed by atoms with E-state index in [1.807, 2.05) is 0 Å². The van der Waals surface area contributed by atoms with Crippen LogP contribution in [0.1, 0.15) is 105 Å². The van der Waals surface area contributed by atoms with Gasteiger partial charge in [-0.1, -0.05) is 200 Å². The van der Waals surface area contributed by atoms with Crippen molar-refractivity contribution in [2.75, 3.05) is 4.90 Å². The lowest BCUT2D eigenvalue weighted by Gasteiger charge is -2.35. The van der Waals surface area contributed by atoms with Gasteiger partial charge in [0.05, 0.1) is 11.1 Å². The van der Waals surface area contributed by atoms with E-state index >= 15 is 0 Å². The van der Waals surface area contributed by atoms with Gasteiger partial charge >= 0.3 is 0 Å². The summed E-state index contributed by atoms with van der Waals surface area (Å²) in [4.78, 5) is 2.56. The van der Waals surface area contributed by atoms with Gasteiger partial charge in [0.2, 0.25) is 0 Å². The van der Waals surface area contributed by atoms with Crippen LogP contribution in [-0.4, -0.2) is 0 Å². The number of hydrogen-bond acceptors (Lipinski definition) is 1. The molecule has 304 valence electrons. The molecule has 0 saturated heterocycles. The van der Waals surface area contributed by atoms with E-state index in [-0.39, 0.29) is 16.2 Å². The van der Waals surface area contributed by atoms with Crippen LogP contribution in [0.4, 0.5) is 17.1 Å². The van der Waals surface area contributed by atoms with Gasteiger partial charge in [0.15, 0.2) is 0 Å². The molecule has 3 aliphatic carbocycles. The summed E-state index contributed by atoms with van der Waals surface area (Å²) in [5, 5.41) is 0. The first-order valence-electron chi connectivity index (χ1n) is 22.4. The Hall–Kier alpha value is -6.44. The van der Waals surface area contributed by atoms with E-state index in [2.05, 4.69) is 237 Å². The Kier molecular flexibility index (Phi) is 8.24. The summed E-state index contributed by atoms with van der Waals surface area (Å²) in [7, 11) is 0. The Morgan fingerprint density at radius 3 is 1.52 bits per heavy atom. The minimum atomic E-state index is -0.501. The second kappa shape index (κ2) is 13.3. The zero-order valence-corrected chi connectivity index (χ0v) is 37.6. The van der Waals surface area contributed by atoms with Gasteiger partial charge in [-0.25, -0.2) is 0 Å². The van der Waals surface area contributed by atoms with Crippen LogP contribution in [0.15, 0.2) is 170 Å². The van der Waals surface area contributed by atoms with E-state index in [4.69, 9.17) is 0 Å². The van der Waals surface area contributed by atoms with E-state index in [9.17, 15) is 0 Å². The fourth-order valence-corrected chi connectivity index (χ4v) is 11.2.